The molecule has 0 amide bonds. The summed E-state index contributed by atoms with van der Waals surface area (Å²) in [5.74, 6) is -0.995. The lowest BCUT2D eigenvalue weighted by Gasteiger charge is -2.18. The van der Waals surface area contributed by atoms with Gasteiger partial charge in [-0.05, 0) is 135 Å². The van der Waals surface area contributed by atoms with Gasteiger partial charge < -0.3 is 14.2 Å². The Morgan fingerprint density at radius 3 is 0.829 bits per heavy atom. The number of esters is 3. The van der Waals surface area contributed by atoms with Gasteiger partial charge in [-0.1, -0.05) is 249 Å². The Labute approximate surface area is 466 Å². The van der Waals surface area contributed by atoms with E-state index in [2.05, 4.69) is 191 Å². The molecule has 1 atom stereocenters. The summed E-state index contributed by atoms with van der Waals surface area (Å²) in [6.45, 7) is 6.30. The molecule has 0 aromatic heterocycles. The smallest absolute Gasteiger partial charge is 0.306 e. The monoisotopic (exact) mass is 1040 g/mol. The molecule has 0 heterocycles. The quantitative estimate of drug-likeness (QED) is 0.0261. The van der Waals surface area contributed by atoms with Crippen molar-refractivity contribution in [3.05, 3.63) is 170 Å². The lowest BCUT2D eigenvalue weighted by atomic mass is 10.1. The molecule has 0 radical (unpaired) electrons. The lowest BCUT2D eigenvalue weighted by molar-refractivity contribution is -0.167. The summed E-state index contributed by atoms with van der Waals surface area (Å²) in [6, 6.07) is 0. The Morgan fingerprint density at radius 2 is 0.513 bits per heavy atom. The number of ether oxygens (including phenoxy) is 3. The van der Waals surface area contributed by atoms with Crippen molar-refractivity contribution < 1.29 is 28.6 Å². The number of carbonyl (C=O) groups excluding carboxylic acids is 3. The molecule has 424 valence electrons. The second-order valence-electron chi connectivity index (χ2n) is 19.1. The van der Waals surface area contributed by atoms with Crippen molar-refractivity contribution in [1.29, 1.82) is 0 Å². The van der Waals surface area contributed by atoms with Crippen LogP contribution in [0.3, 0.4) is 0 Å². The van der Waals surface area contributed by atoms with E-state index >= 15 is 0 Å². The minimum atomic E-state index is -0.819. The van der Waals surface area contributed by atoms with Crippen LogP contribution in [0.1, 0.15) is 233 Å². The van der Waals surface area contributed by atoms with Gasteiger partial charge in [-0.25, -0.2) is 0 Å². The first-order valence-electron chi connectivity index (χ1n) is 30.1. The topological polar surface area (TPSA) is 78.9 Å². The van der Waals surface area contributed by atoms with E-state index in [0.717, 1.165) is 154 Å². The molecule has 0 aliphatic rings. The van der Waals surface area contributed by atoms with Crippen molar-refractivity contribution in [2.24, 2.45) is 0 Å². The number of unbranched alkanes of at least 4 members (excludes halogenated alkanes) is 13. The fourth-order valence-electron chi connectivity index (χ4n) is 7.52. The van der Waals surface area contributed by atoms with E-state index < -0.39 is 6.10 Å². The third kappa shape index (κ3) is 59.6. The number of carbonyl (C=O) groups is 3. The molecule has 1 unspecified atom stereocenters. The van der Waals surface area contributed by atoms with Crippen LogP contribution in [0.15, 0.2) is 170 Å². The van der Waals surface area contributed by atoms with Gasteiger partial charge in [0.15, 0.2) is 6.10 Å². The van der Waals surface area contributed by atoms with E-state index in [1.165, 1.54) is 32.1 Å². The Balaban J connectivity index is 4.38. The maximum atomic E-state index is 12.8. The maximum absolute atomic E-state index is 12.8. The molecule has 0 rings (SSSR count). The van der Waals surface area contributed by atoms with Gasteiger partial charge in [-0.15, -0.1) is 0 Å². The predicted molar refractivity (Wildman–Crippen MR) is 329 cm³/mol. The second-order valence-corrected chi connectivity index (χ2v) is 19.1. The Hall–Kier alpha value is -5.23. The van der Waals surface area contributed by atoms with Gasteiger partial charge in [0.1, 0.15) is 13.2 Å². The van der Waals surface area contributed by atoms with Gasteiger partial charge in [0.25, 0.3) is 0 Å². The third-order valence-corrected chi connectivity index (χ3v) is 12.0. The molecular formula is C70H108O6. The molecule has 0 aromatic rings. The first-order chi connectivity index (χ1) is 37.5. The predicted octanol–water partition coefficient (Wildman–Crippen LogP) is 20.7. The Morgan fingerprint density at radius 1 is 0.276 bits per heavy atom. The summed E-state index contributed by atoms with van der Waals surface area (Å²) < 4.78 is 16.8. The van der Waals surface area contributed by atoms with Crippen molar-refractivity contribution in [2.75, 3.05) is 13.2 Å². The van der Waals surface area contributed by atoms with Crippen LogP contribution in [0.25, 0.3) is 0 Å². The van der Waals surface area contributed by atoms with E-state index in [-0.39, 0.29) is 37.5 Å². The average Bonchev–Trinajstić information content (AvgIpc) is 3.42. The van der Waals surface area contributed by atoms with Crippen molar-refractivity contribution in [1.82, 2.24) is 0 Å². The van der Waals surface area contributed by atoms with Gasteiger partial charge in [0.2, 0.25) is 0 Å². The van der Waals surface area contributed by atoms with Crippen LogP contribution < -0.4 is 0 Å². The summed E-state index contributed by atoms with van der Waals surface area (Å²) in [5.41, 5.74) is 0. The first-order valence-corrected chi connectivity index (χ1v) is 30.1. The normalized spacial score (nSPS) is 13.4. The molecule has 6 nitrogen and oxygen atoms in total. The third-order valence-electron chi connectivity index (χ3n) is 12.0. The van der Waals surface area contributed by atoms with Gasteiger partial charge in [-0.3, -0.25) is 14.4 Å². The maximum Gasteiger partial charge on any atom is 0.306 e. The molecule has 0 aliphatic carbocycles. The van der Waals surface area contributed by atoms with E-state index in [1.807, 2.05) is 0 Å². The van der Waals surface area contributed by atoms with E-state index in [0.29, 0.717) is 19.3 Å². The second kappa shape index (κ2) is 62.3. The first kappa shape index (κ1) is 70.8. The molecule has 0 bridgehead atoms. The van der Waals surface area contributed by atoms with E-state index in [9.17, 15) is 14.4 Å². The molecule has 0 spiro atoms. The zero-order valence-corrected chi connectivity index (χ0v) is 48.4. The van der Waals surface area contributed by atoms with Crippen molar-refractivity contribution >= 4 is 17.9 Å². The zero-order valence-electron chi connectivity index (χ0n) is 48.4. The van der Waals surface area contributed by atoms with Crippen LogP contribution in [0.5, 0.6) is 0 Å². The molecule has 0 saturated heterocycles. The largest absolute Gasteiger partial charge is 0.462 e. The summed E-state index contributed by atoms with van der Waals surface area (Å²) in [7, 11) is 0. The van der Waals surface area contributed by atoms with Crippen LogP contribution >= 0.6 is 0 Å². The SMILES string of the molecule is CC/C=C\C/C=C\C/C=C\C/C=C\C/C=C\C/C=C\C/C=C\C/C=C\CCCCCCC(=O)OCC(COC(=O)CCCCCCCCCC)OC(=O)CCCC/C=C\C/C=C\C/C=C\C/C=C\C/C=C\C/C=C\CC. The van der Waals surface area contributed by atoms with Crippen LogP contribution in [-0.4, -0.2) is 37.2 Å². The number of rotatable bonds is 52. The minimum absolute atomic E-state index is 0.111. The molecular weight excluding hydrogens is 937 g/mol. The highest BCUT2D eigenvalue weighted by Gasteiger charge is 2.19. The molecule has 6 heteroatoms. The summed E-state index contributed by atoms with van der Waals surface area (Å²) >= 11 is 0. The standard InChI is InChI=1S/C70H108O6/c1-4-7-10-13-16-19-21-23-25-27-29-31-32-33-34-35-36-37-38-40-41-43-45-47-49-51-54-57-60-63-69(72)75-66-67(65-74-68(71)62-59-56-53-18-15-12-9-6-3)76-70(73)64-61-58-55-52-50-48-46-44-42-39-30-28-26-24-22-20-17-14-11-8-5-2/h7-8,10-11,16-17,19-20,23-26,29-31,33-34,36-37,39-41,44-47,50,52,67H,4-6,9,12-15,18,21-22,27-28,32,35,38,42-43,48-49,51,53-66H2,1-3H3/b10-7-,11-8-,19-16-,20-17-,25-23-,26-24-,31-29-,34-33-,37-36-,39-30-,41-40-,46-44-,47-45-,52-50-. The number of hydrogen-bond acceptors (Lipinski definition) is 6. The van der Waals surface area contributed by atoms with E-state index in [1.54, 1.807) is 0 Å². The highest BCUT2D eigenvalue weighted by molar-refractivity contribution is 5.71. The molecule has 0 aromatic carbocycles. The van der Waals surface area contributed by atoms with Gasteiger partial charge in [0.05, 0.1) is 0 Å². The lowest BCUT2D eigenvalue weighted by Crippen LogP contribution is -2.30. The molecule has 0 N–H and O–H groups in total. The molecule has 0 fully saturated rings. The molecule has 0 saturated carbocycles. The van der Waals surface area contributed by atoms with Crippen LogP contribution in [0.2, 0.25) is 0 Å². The van der Waals surface area contributed by atoms with Gasteiger partial charge >= 0.3 is 17.9 Å². The van der Waals surface area contributed by atoms with Crippen LogP contribution in [-0.2, 0) is 28.6 Å². The van der Waals surface area contributed by atoms with Gasteiger partial charge in [0, 0.05) is 19.3 Å². The minimum Gasteiger partial charge on any atom is -0.462 e. The Bertz CT molecular complexity index is 1770. The Kier molecular flexibility index (Phi) is 58.0. The van der Waals surface area contributed by atoms with Crippen molar-refractivity contribution in [2.45, 2.75) is 239 Å². The average molecular weight is 1050 g/mol. The fourth-order valence-corrected chi connectivity index (χ4v) is 7.52. The van der Waals surface area contributed by atoms with Crippen molar-refractivity contribution in [3.63, 3.8) is 0 Å². The molecule has 0 aliphatic heterocycles. The number of hydrogen-bond donors (Lipinski definition) is 0. The van der Waals surface area contributed by atoms with Crippen LogP contribution in [0, 0.1) is 0 Å². The summed E-state index contributed by atoms with van der Waals surface area (Å²) in [5, 5.41) is 0. The highest BCUT2D eigenvalue weighted by Crippen LogP contribution is 2.13. The fraction of sp³-hybridized carbons (Fsp3) is 0.557. The van der Waals surface area contributed by atoms with E-state index in [4.69, 9.17) is 14.2 Å². The summed E-state index contributed by atoms with van der Waals surface area (Å²) in [6.07, 6.45) is 92.2. The summed E-state index contributed by atoms with van der Waals surface area (Å²) in [4.78, 5) is 38.1. The number of allylic oxidation sites excluding steroid dienone is 28. The van der Waals surface area contributed by atoms with Gasteiger partial charge in [-0.2, -0.15) is 0 Å². The van der Waals surface area contributed by atoms with Crippen molar-refractivity contribution in [3.8, 4) is 0 Å². The zero-order chi connectivity index (χ0) is 55.0. The molecule has 76 heavy (non-hydrogen) atoms. The highest BCUT2D eigenvalue weighted by atomic mass is 16.6. The van der Waals surface area contributed by atoms with Crippen LogP contribution in [0.4, 0.5) is 0 Å².